The summed E-state index contributed by atoms with van der Waals surface area (Å²) in [6, 6.07) is 1.75. The van der Waals surface area contributed by atoms with E-state index in [1.54, 1.807) is 0 Å². The Kier molecular flexibility index (Phi) is 2.69. The van der Waals surface area contributed by atoms with Gasteiger partial charge in [-0.1, -0.05) is 26.2 Å². The Bertz CT molecular complexity index is 132. The van der Waals surface area contributed by atoms with Crippen molar-refractivity contribution in [2.75, 3.05) is 0 Å². The number of hydrogen-bond donors (Lipinski definition) is 1. The third kappa shape index (κ3) is 2.01. The molecule has 0 aromatic heterocycles. The lowest BCUT2D eigenvalue weighted by atomic mass is 9.80. The zero-order valence-electron chi connectivity index (χ0n) is 8.18. The van der Waals surface area contributed by atoms with Crippen LogP contribution in [0.3, 0.4) is 0 Å². The van der Waals surface area contributed by atoms with Crippen LogP contribution in [0.5, 0.6) is 0 Å². The van der Waals surface area contributed by atoms with E-state index in [1.807, 2.05) is 0 Å². The fourth-order valence-electron chi connectivity index (χ4n) is 2.64. The van der Waals surface area contributed by atoms with Crippen LogP contribution in [0, 0.1) is 5.92 Å². The van der Waals surface area contributed by atoms with Crippen molar-refractivity contribution < 1.29 is 0 Å². The Hall–Kier alpha value is -0.0400. The highest BCUT2D eigenvalue weighted by Gasteiger charge is 2.27. The second kappa shape index (κ2) is 3.78. The summed E-state index contributed by atoms with van der Waals surface area (Å²) >= 11 is 0. The minimum atomic E-state index is 0.872. The summed E-state index contributed by atoms with van der Waals surface area (Å²) in [5.74, 6) is 0.992. The van der Waals surface area contributed by atoms with Gasteiger partial charge in [-0.2, -0.15) is 0 Å². The van der Waals surface area contributed by atoms with E-state index in [1.165, 1.54) is 44.9 Å². The van der Waals surface area contributed by atoms with Gasteiger partial charge in [0.15, 0.2) is 0 Å². The molecule has 0 aromatic carbocycles. The van der Waals surface area contributed by atoms with E-state index in [0.29, 0.717) is 0 Å². The zero-order valence-corrected chi connectivity index (χ0v) is 8.18. The van der Waals surface area contributed by atoms with Gasteiger partial charge in [0.05, 0.1) is 0 Å². The Morgan fingerprint density at radius 1 is 0.917 bits per heavy atom. The molecule has 2 fully saturated rings. The SMILES string of the molecule is CC1CC(NC2CCCCC2)C1. The van der Waals surface area contributed by atoms with Crippen LogP contribution in [-0.2, 0) is 0 Å². The second-order valence-corrected chi connectivity index (χ2v) is 4.78. The van der Waals surface area contributed by atoms with Crippen LogP contribution in [0.4, 0.5) is 0 Å². The molecule has 70 valence electrons. The Balaban J connectivity index is 1.65. The molecule has 1 N–H and O–H groups in total. The van der Waals surface area contributed by atoms with E-state index >= 15 is 0 Å². The molecule has 0 atom stereocenters. The monoisotopic (exact) mass is 167 g/mol. The Morgan fingerprint density at radius 3 is 2.17 bits per heavy atom. The third-order valence-electron chi connectivity index (χ3n) is 3.45. The fourth-order valence-corrected chi connectivity index (χ4v) is 2.64. The van der Waals surface area contributed by atoms with Crippen molar-refractivity contribution in [2.45, 2.75) is 64.0 Å². The highest BCUT2D eigenvalue weighted by Crippen LogP contribution is 2.28. The van der Waals surface area contributed by atoms with Crippen molar-refractivity contribution in [3.8, 4) is 0 Å². The summed E-state index contributed by atoms with van der Waals surface area (Å²) in [6.45, 7) is 2.36. The first-order valence-electron chi connectivity index (χ1n) is 5.60. The summed E-state index contributed by atoms with van der Waals surface area (Å²) < 4.78 is 0. The molecule has 2 rings (SSSR count). The fraction of sp³-hybridized carbons (Fsp3) is 1.00. The molecule has 0 spiro atoms. The lowest BCUT2D eigenvalue weighted by Crippen LogP contribution is -2.46. The average Bonchev–Trinajstić information content (AvgIpc) is 2.04. The van der Waals surface area contributed by atoms with Gasteiger partial charge in [-0.05, 0) is 31.6 Å². The predicted molar refractivity (Wildman–Crippen MR) is 52.2 cm³/mol. The molecule has 1 nitrogen and oxygen atoms in total. The van der Waals surface area contributed by atoms with Crippen LogP contribution >= 0.6 is 0 Å². The van der Waals surface area contributed by atoms with Crippen LogP contribution in [0.2, 0.25) is 0 Å². The summed E-state index contributed by atoms with van der Waals surface area (Å²) in [6.07, 6.45) is 10.1. The molecule has 2 aliphatic carbocycles. The van der Waals surface area contributed by atoms with Crippen LogP contribution < -0.4 is 5.32 Å². The quantitative estimate of drug-likeness (QED) is 0.667. The minimum absolute atomic E-state index is 0.872. The van der Waals surface area contributed by atoms with Gasteiger partial charge < -0.3 is 5.32 Å². The van der Waals surface area contributed by atoms with Crippen molar-refractivity contribution in [1.82, 2.24) is 5.32 Å². The van der Waals surface area contributed by atoms with E-state index in [-0.39, 0.29) is 0 Å². The number of rotatable bonds is 2. The average molecular weight is 167 g/mol. The van der Waals surface area contributed by atoms with Crippen molar-refractivity contribution in [3.63, 3.8) is 0 Å². The molecule has 0 aliphatic heterocycles. The van der Waals surface area contributed by atoms with Gasteiger partial charge in [0.2, 0.25) is 0 Å². The molecule has 2 aliphatic rings. The molecule has 0 bridgehead atoms. The highest BCUT2D eigenvalue weighted by atomic mass is 15.0. The largest absolute Gasteiger partial charge is 0.311 e. The zero-order chi connectivity index (χ0) is 8.39. The molecule has 0 aromatic rings. The van der Waals surface area contributed by atoms with Crippen LogP contribution in [0.25, 0.3) is 0 Å². The molecule has 1 heteroatoms. The minimum Gasteiger partial charge on any atom is -0.311 e. The Labute approximate surface area is 75.9 Å². The maximum absolute atomic E-state index is 3.79. The third-order valence-corrected chi connectivity index (χ3v) is 3.45. The maximum Gasteiger partial charge on any atom is 0.00747 e. The molecule has 0 unspecified atom stereocenters. The predicted octanol–water partition coefficient (Wildman–Crippen LogP) is 2.71. The normalized spacial score (nSPS) is 37.8. The molecule has 2 saturated carbocycles. The summed E-state index contributed by atoms with van der Waals surface area (Å²) in [4.78, 5) is 0. The van der Waals surface area contributed by atoms with E-state index in [4.69, 9.17) is 0 Å². The van der Waals surface area contributed by atoms with Crippen molar-refractivity contribution >= 4 is 0 Å². The van der Waals surface area contributed by atoms with Gasteiger partial charge in [-0.25, -0.2) is 0 Å². The molecule has 12 heavy (non-hydrogen) atoms. The molecule has 0 amide bonds. The van der Waals surface area contributed by atoms with Crippen LogP contribution in [0.15, 0.2) is 0 Å². The van der Waals surface area contributed by atoms with Gasteiger partial charge >= 0.3 is 0 Å². The number of hydrogen-bond acceptors (Lipinski definition) is 1. The topological polar surface area (TPSA) is 12.0 Å². The van der Waals surface area contributed by atoms with Crippen LogP contribution in [0.1, 0.15) is 51.9 Å². The first kappa shape index (κ1) is 8.55. The van der Waals surface area contributed by atoms with E-state index in [2.05, 4.69) is 12.2 Å². The first-order chi connectivity index (χ1) is 5.84. The van der Waals surface area contributed by atoms with Crippen molar-refractivity contribution in [3.05, 3.63) is 0 Å². The summed E-state index contributed by atoms with van der Waals surface area (Å²) in [7, 11) is 0. The lowest BCUT2D eigenvalue weighted by Gasteiger charge is -2.37. The molecular weight excluding hydrogens is 146 g/mol. The van der Waals surface area contributed by atoms with Gasteiger partial charge in [-0.3, -0.25) is 0 Å². The van der Waals surface area contributed by atoms with E-state index in [0.717, 1.165) is 18.0 Å². The molecule has 0 saturated heterocycles. The van der Waals surface area contributed by atoms with Gasteiger partial charge in [-0.15, -0.1) is 0 Å². The summed E-state index contributed by atoms with van der Waals surface area (Å²) in [5.41, 5.74) is 0. The van der Waals surface area contributed by atoms with Gasteiger partial charge in [0.1, 0.15) is 0 Å². The van der Waals surface area contributed by atoms with Gasteiger partial charge in [0.25, 0.3) is 0 Å². The van der Waals surface area contributed by atoms with Crippen LogP contribution in [-0.4, -0.2) is 12.1 Å². The second-order valence-electron chi connectivity index (χ2n) is 4.78. The standard InChI is InChI=1S/C11H21N/c1-9-7-11(8-9)12-10-5-3-2-4-6-10/h9-12H,2-8H2,1H3. The lowest BCUT2D eigenvalue weighted by molar-refractivity contribution is 0.204. The number of nitrogens with one attached hydrogen (secondary N) is 1. The highest BCUT2D eigenvalue weighted by molar-refractivity contribution is 4.86. The van der Waals surface area contributed by atoms with Crippen molar-refractivity contribution in [1.29, 1.82) is 0 Å². The molecule has 0 radical (unpaired) electrons. The van der Waals surface area contributed by atoms with Gasteiger partial charge in [0, 0.05) is 12.1 Å². The Morgan fingerprint density at radius 2 is 1.58 bits per heavy atom. The van der Waals surface area contributed by atoms with E-state index < -0.39 is 0 Å². The molecule has 0 heterocycles. The molecular formula is C11H21N. The van der Waals surface area contributed by atoms with Crippen molar-refractivity contribution in [2.24, 2.45) is 5.92 Å². The summed E-state index contributed by atoms with van der Waals surface area (Å²) in [5, 5.41) is 3.79. The van der Waals surface area contributed by atoms with E-state index in [9.17, 15) is 0 Å². The first-order valence-corrected chi connectivity index (χ1v) is 5.60. The smallest absolute Gasteiger partial charge is 0.00747 e. The maximum atomic E-state index is 3.79.